The number of phenols is 1. The number of benzene rings is 1. The minimum Gasteiger partial charge on any atom is -0.507 e. The largest absolute Gasteiger partial charge is 0.507 e. The van der Waals surface area contributed by atoms with Crippen LogP contribution in [0.4, 0.5) is 0 Å². The van der Waals surface area contributed by atoms with Gasteiger partial charge in [0.15, 0.2) is 0 Å². The summed E-state index contributed by atoms with van der Waals surface area (Å²) in [6.45, 7) is 1.94. The second-order valence-corrected chi connectivity index (χ2v) is 5.11. The summed E-state index contributed by atoms with van der Waals surface area (Å²) < 4.78 is 0.663. The summed E-state index contributed by atoms with van der Waals surface area (Å²) in [6.07, 6.45) is 1.23. The quantitative estimate of drug-likeness (QED) is 0.747. The lowest BCUT2D eigenvalue weighted by atomic mass is 10.0. The molecule has 1 aromatic rings. The molecule has 0 aromatic heterocycles. The highest BCUT2D eigenvalue weighted by molar-refractivity contribution is 9.10. The van der Waals surface area contributed by atoms with E-state index in [0.717, 1.165) is 6.42 Å². The van der Waals surface area contributed by atoms with Crippen LogP contribution in [0.25, 0.3) is 0 Å². The van der Waals surface area contributed by atoms with Crippen LogP contribution in [0, 0.1) is 5.92 Å². The Kier molecular flexibility index (Phi) is 5.82. The van der Waals surface area contributed by atoms with E-state index in [-0.39, 0.29) is 17.9 Å². The van der Waals surface area contributed by atoms with Gasteiger partial charge in [-0.2, -0.15) is 0 Å². The molecule has 1 aromatic carbocycles. The molecule has 0 fully saturated rings. The van der Waals surface area contributed by atoms with E-state index in [0.29, 0.717) is 10.9 Å². The molecule has 1 rings (SSSR count). The van der Waals surface area contributed by atoms with Crippen LogP contribution < -0.4 is 5.32 Å². The molecular weight excluding hydrogens is 314 g/mol. The van der Waals surface area contributed by atoms with Crippen molar-refractivity contribution in [1.82, 2.24) is 5.32 Å². The Hall–Kier alpha value is -1.56. The number of carbonyl (C=O) groups excluding carboxylic acids is 1. The van der Waals surface area contributed by atoms with Crippen molar-refractivity contribution in [2.45, 2.75) is 19.8 Å². The number of aliphatic carboxylic acids is 1. The highest BCUT2D eigenvalue weighted by Crippen LogP contribution is 2.22. The molecule has 1 amide bonds. The summed E-state index contributed by atoms with van der Waals surface area (Å²) in [5, 5.41) is 21.1. The van der Waals surface area contributed by atoms with Gasteiger partial charge >= 0.3 is 5.97 Å². The molecule has 104 valence electrons. The summed E-state index contributed by atoms with van der Waals surface area (Å²) in [4.78, 5) is 22.8. The van der Waals surface area contributed by atoms with Crippen molar-refractivity contribution in [1.29, 1.82) is 0 Å². The van der Waals surface area contributed by atoms with Gasteiger partial charge in [0.05, 0.1) is 11.5 Å². The Balaban J connectivity index is 2.66. The number of aromatic hydroxyl groups is 1. The topological polar surface area (TPSA) is 86.6 Å². The molecule has 19 heavy (non-hydrogen) atoms. The van der Waals surface area contributed by atoms with Crippen molar-refractivity contribution in [3.05, 3.63) is 28.2 Å². The van der Waals surface area contributed by atoms with Crippen LogP contribution in [-0.2, 0) is 4.79 Å². The van der Waals surface area contributed by atoms with Crippen molar-refractivity contribution in [2.75, 3.05) is 6.54 Å². The number of halogens is 1. The van der Waals surface area contributed by atoms with Crippen molar-refractivity contribution < 1.29 is 19.8 Å². The maximum Gasteiger partial charge on any atom is 0.308 e. The molecule has 0 bridgehead atoms. The second kappa shape index (κ2) is 7.13. The molecule has 0 saturated heterocycles. The Morgan fingerprint density at radius 1 is 1.42 bits per heavy atom. The van der Waals surface area contributed by atoms with Gasteiger partial charge in [0, 0.05) is 11.0 Å². The normalized spacial score (nSPS) is 11.9. The minimum absolute atomic E-state index is 0.0531. The van der Waals surface area contributed by atoms with Gasteiger partial charge in [0.2, 0.25) is 0 Å². The molecular formula is C13H16BrNO4. The maximum atomic E-state index is 11.8. The standard InChI is InChI=1S/C13H16BrNO4/c1-2-3-8(13(18)19)7-15-12(17)10-5-4-9(14)6-11(10)16/h4-6,8,16H,2-3,7H2,1H3,(H,15,17)(H,18,19). The molecule has 0 saturated carbocycles. The summed E-state index contributed by atoms with van der Waals surface area (Å²) in [5.41, 5.74) is 0.129. The Morgan fingerprint density at radius 2 is 2.11 bits per heavy atom. The lowest BCUT2D eigenvalue weighted by molar-refractivity contribution is -0.141. The molecule has 3 N–H and O–H groups in total. The third-order valence-corrected chi connectivity index (χ3v) is 3.19. The van der Waals surface area contributed by atoms with Crippen LogP contribution in [0.3, 0.4) is 0 Å². The zero-order valence-corrected chi connectivity index (χ0v) is 12.1. The average Bonchev–Trinajstić information content (AvgIpc) is 2.33. The molecule has 0 heterocycles. The Labute approximate surface area is 119 Å². The Bertz CT molecular complexity index is 476. The van der Waals surface area contributed by atoms with Crippen LogP contribution in [-0.4, -0.2) is 28.6 Å². The number of rotatable bonds is 6. The molecule has 6 heteroatoms. The number of amides is 1. The fourth-order valence-electron chi connectivity index (χ4n) is 1.67. The van der Waals surface area contributed by atoms with Crippen LogP contribution >= 0.6 is 15.9 Å². The van der Waals surface area contributed by atoms with E-state index in [2.05, 4.69) is 21.2 Å². The van der Waals surface area contributed by atoms with Crippen LogP contribution in [0.5, 0.6) is 5.75 Å². The van der Waals surface area contributed by atoms with E-state index >= 15 is 0 Å². The SMILES string of the molecule is CCCC(CNC(=O)c1ccc(Br)cc1O)C(=O)O. The zero-order valence-electron chi connectivity index (χ0n) is 10.5. The van der Waals surface area contributed by atoms with Crippen LogP contribution in [0.2, 0.25) is 0 Å². The first kappa shape index (κ1) is 15.5. The average molecular weight is 330 g/mol. The summed E-state index contributed by atoms with van der Waals surface area (Å²) in [7, 11) is 0. The molecule has 0 aliphatic rings. The van der Waals surface area contributed by atoms with Gasteiger partial charge < -0.3 is 15.5 Å². The molecule has 0 aliphatic heterocycles. The second-order valence-electron chi connectivity index (χ2n) is 4.20. The van der Waals surface area contributed by atoms with Gasteiger partial charge in [-0.05, 0) is 24.6 Å². The fraction of sp³-hybridized carbons (Fsp3) is 0.385. The van der Waals surface area contributed by atoms with Gasteiger partial charge in [-0.1, -0.05) is 29.3 Å². The lowest BCUT2D eigenvalue weighted by Gasteiger charge is -2.12. The van der Waals surface area contributed by atoms with Gasteiger partial charge in [0.1, 0.15) is 5.75 Å². The molecule has 5 nitrogen and oxygen atoms in total. The first-order valence-corrected chi connectivity index (χ1v) is 6.74. The fourth-order valence-corrected chi connectivity index (χ4v) is 2.02. The maximum absolute atomic E-state index is 11.8. The van der Waals surface area contributed by atoms with Crippen molar-refractivity contribution >= 4 is 27.8 Å². The number of hydrogen-bond acceptors (Lipinski definition) is 3. The summed E-state index contributed by atoms with van der Waals surface area (Å²) in [6, 6.07) is 4.52. The molecule has 0 radical (unpaired) electrons. The molecule has 0 spiro atoms. The Morgan fingerprint density at radius 3 is 2.63 bits per heavy atom. The predicted molar refractivity (Wildman–Crippen MR) is 74.2 cm³/mol. The summed E-state index contributed by atoms with van der Waals surface area (Å²) in [5.74, 6) is -2.16. The zero-order chi connectivity index (χ0) is 14.4. The van der Waals surface area contributed by atoms with Crippen LogP contribution in [0.15, 0.2) is 22.7 Å². The summed E-state index contributed by atoms with van der Waals surface area (Å²) >= 11 is 3.18. The minimum atomic E-state index is -0.929. The van der Waals surface area contributed by atoms with Gasteiger partial charge in [0.25, 0.3) is 5.91 Å². The van der Waals surface area contributed by atoms with Crippen molar-refractivity contribution in [3.8, 4) is 5.75 Å². The first-order valence-electron chi connectivity index (χ1n) is 5.95. The van der Waals surface area contributed by atoms with E-state index in [1.807, 2.05) is 6.92 Å². The monoisotopic (exact) mass is 329 g/mol. The highest BCUT2D eigenvalue weighted by Gasteiger charge is 2.18. The van der Waals surface area contributed by atoms with Crippen LogP contribution in [0.1, 0.15) is 30.1 Å². The smallest absolute Gasteiger partial charge is 0.308 e. The van der Waals surface area contributed by atoms with Gasteiger partial charge in [-0.25, -0.2) is 0 Å². The third kappa shape index (κ3) is 4.55. The van der Waals surface area contributed by atoms with Crippen molar-refractivity contribution in [3.63, 3.8) is 0 Å². The van der Waals surface area contributed by atoms with E-state index < -0.39 is 17.8 Å². The first-order chi connectivity index (χ1) is 8.95. The molecule has 0 aliphatic carbocycles. The highest BCUT2D eigenvalue weighted by atomic mass is 79.9. The molecule has 1 unspecified atom stereocenters. The number of carbonyl (C=O) groups is 2. The number of carboxylic acids is 1. The number of carboxylic acid groups (broad SMARTS) is 1. The number of hydrogen-bond donors (Lipinski definition) is 3. The van der Waals surface area contributed by atoms with E-state index in [4.69, 9.17) is 5.11 Å². The number of nitrogens with one attached hydrogen (secondary N) is 1. The van der Waals surface area contributed by atoms with E-state index in [9.17, 15) is 14.7 Å². The number of phenolic OH excluding ortho intramolecular Hbond substituents is 1. The van der Waals surface area contributed by atoms with E-state index in [1.165, 1.54) is 12.1 Å². The van der Waals surface area contributed by atoms with Crippen molar-refractivity contribution in [2.24, 2.45) is 5.92 Å². The van der Waals surface area contributed by atoms with E-state index in [1.54, 1.807) is 6.07 Å². The van der Waals surface area contributed by atoms with Gasteiger partial charge in [-0.15, -0.1) is 0 Å². The third-order valence-electron chi connectivity index (χ3n) is 2.70. The predicted octanol–water partition coefficient (Wildman–Crippen LogP) is 2.39. The molecule has 1 atom stereocenters. The van der Waals surface area contributed by atoms with Gasteiger partial charge in [-0.3, -0.25) is 9.59 Å². The lowest BCUT2D eigenvalue weighted by Crippen LogP contribution is -2.32.